The zero-order valence-electron chi connectivity index (χ0n) is 16.7. The van der Waals surface area contributed by atoms with E-state index in [1.807, 2.05) is 24.3 Å². The quantitative estimate of drug-likeness (QED) is 0.824. The Morgan fingerprint density at radius 3 is 2.32 bits per heavy atom. The van der Waals surface area contributed by atoms with E-state index in [4.69, 9.17) is 0 Å². The summed E-state index contributed by atoms with van der Waals surface area (Å²) in [7, 11) is -3.43. The molecule has 150 valence electrons. The number of amides is 2. The molecule has 28 heavy (non-hydrogen) atoms. The van der Waals surface area contributed by atoms with E-state index in [0.717, 1.165) is 12.1 Å². The Morgan fingerprint density at radius 1 is 1.07 bits per heavy atom. The van der Waals surface area contributed by atoms with Crippen molar-refractivity contribution in [3.63, 3.8) is 0 Å². The molecule has 0 aromatic heterocycles. The molecule has 1 heterocycles. The summed E-state index contributed by atoms with van der Waals surface area (Å²) in [6.45, 7) is 6.99. The molecule has 0 spiro atoms. The van der Waals surface area contributed by atoms with Crippen molar-refractivity contribution in [2.24, 2.45) is 0 Å². The smallest absolute Gasteiger partial charge is 0.321 e. The molecule has 0 radical (unpaired) electrons. The number of sulfone groups is 1. The largest absolute Gasteiger partial charge is 0.322 e. The van der Waals surface area contributed by atoms with Gasteiger partial charge in [-0.1, -0.05) is 51.1 Å². The average Bonchev–Trinajstić information content (AvgIpc) is 3.10. The molecule has 1 aliphatic heterocycles. The predicted octanol–water partition coefficient (Wildman–Crippen LogP) is 4.45. The molecule has 0 saturated carbocycles. The average molecular weight is 401 g/mol. The third-order valence-electron chi connectivity index (χ3n) is 5.15. The number of hydrogen-bond donors (Lipinski definition) is 1. The van der Waals surface area contributed by atoms with E-state index in [0.29, 0.717) is 17.9 Å². The highest BCUT2D eigenvalue weighted by molar-refractivity contribution is 7.91. The van der Waals surface area contributed by atoms with Crippen molar-refractivity contribution in [1.82, 2.24) is 4.90 Å². The van der Waals surface area contributed by atoms with Gasteiger partial charge in [0, 0.05) is 18.3 Å². The maximum absolute atomic E-state index is 12.7. The van der Waals surface area contributed by atoms with Gasteiger partial charge >= 0.3 is 6.03 Å². The Morgan fingerprint density at radius 2 is 1.71 bits per heavy atom. The number of likely N-dealkylation sites (tertiary alicyclic amines) is 1. The lowest BCUT2D eigenvalue weighted by atomic mass is 9.87. The van der Waals surface area contributed by atoms with Crippen LogP contribution in [0.15, 0.2) is 59.5 Å². The summed E-state index contributed by atoms with van der Waals surface area (Å²) in [5.74, 6) is -0.0482. The molecular weight excluding hydrogens is 372 g/mol. The second-order valence-electron chi connectivity index (χ2n) is 8.34. The van der Waals surface area contributed by atoms with Crippen LogP contribution in [-0.2, 0) is 15.3 Å². The van der Waals surface area contributed by atoms with Gasteiger partial charge in [-0.3, -0.25) is 0 Å². The van der Waals surface area contributed by atoms with Crippen LogP contribution in [0.25, 0.3) is 0 Å². The van der Waals surface area contributed by atoms with Crippen molar-refractivity contribution in [2.45, 2.75) is 50.0 Å². The number of rotatable bonds is 4. The van der Waals surface area contributed by atoms with Crippen LogP contribution in [0.4, 0.5) is 10.5 Å². The number of carbonyl (C=O) groups is 1. The zero-order chi connectivity index (χ0) is 20.4. The number of carbonyl (C=O) groups excluding carboxylic acids is 1. The number of hydrogen-bond acceptors (Lipinski definition) is 3. The third-order valence-corrected chi connectivity index (χ3v) is 6.97. The maximum atomic E-state index is 12.7. The van der Waals surface area contributed by atoms with E-state index in [1.54, 1.807) is 35.2 Å². The highest BCUT2D eigenvalue weighted by atomic mass is 32.2. The summed E-state index contributed by atoms with van der Waals surface area (Å²) < 4.78 is 25.4. The minimum atomic E-state index is -3.43. The normalized spacial score (nSPS) is 17.5. The van der Waals surface area contributed by atoms with E-state index in [1.165, 1.54) is 5.56 Å². The van der Waals surface area contributed by atoms with E-state index < -0.39 is 9.84 Å². The van der Waals surface area contributed by atoms with Gasteiger partial charge < -0.3 is 10.2 Å². The molecule has 1 aliphatic rings. The van der Waals surface area contributed by atoms with Crippen LogP contribution in [-0.4, -0.2) is 37.7 Å². The summed E-state index contributed by atoms with van der Waals surface area (Å²) in [5.41, 5.74) is 1.96. The van der Waals surface area contributed by atoms with Crippen molar-refractivity contribution in [3.8, 4) is 0 Å². The summed E-state index contributed by atoms with van der Waals surface area (Å²) >= 11 is 0. The molecule has 2 aromatic carbocycles. The Bertz CT molecular complexity index is 917. The highest BCUT2D eigenvalue weighted by Crippen LogP contribution is 2.25. The van der Waals surface area contributed by atoms with Gasteiger partial charge in [0.15, 0.2) is 9.84 Å². The third kappa shape index (κ3) is 4.73. The fourth-order valence-corrected chi connectivity index (χ4v) is 5.12. The van der Waals surface area contributed by atoms with Crippen LogP contribution in [0, 0.1) is 0 Å². The van der Waals surface area contributed by atoms with Gasteiger partial charge in [-0.15, -0.1) is 0 Å². The van der Waals surface area contributed by atoms with Crippen molar-refractivity contribution >= 4 is 21.6 Å². The Hall–Kier alpha value is -2.34. The molecule has 1 N–H and O–H groups in total. The van der Waals surface area contributed by atoms with Crippen molar-refractivity contribution < 1.29 is 13.2 Å². The lowest BCUT2D eigenvalue weighted by molar-refractivity contribution is 0.210. The molecule has 0 unspecified atom stereocenters. The number of nitrogens with zero attached hydrogens (tertiary/aromatic N) is 1. The van der Waals surface area contributed by atoms with Crippen LogP contribution in [0.3, 0.4) is 0 Å². The number of benzene rings is 2. The first-order valence-electron chi connectivity index (χ1n) is 9.63. The van der Waals surface area contributed by atoms with Crippen LogP contribution in [0.2, 0.25) is 0 Å². The number of nitrogens with one attached hydrogen (secondary N) is 1. The van der Waals surface area contributed by atoms with Gasteiger partial charge in [0.05, 0.1) is 10.6 Å². The molecule has 6 heteroatoms. The molecule has 1 saturated heterocycles. The fraction of sp³-hybridized carbons (Fsp3) is 0.409. The van der Waals surface area contributed by atoms with Crippen LogP contribution in [0.1, 0.15) is 39.2 Å². The van der Waals surface area contributed by atoms with Gasteiger partial charge in [-0.25, -0.2) is 13.2 Å². The SMILES string of the molecule is CC(C)(C)c1ccc(NC(=O)N2CCC[C@@H]2CS(=O)(=O)c2ccccc2)cc1. The monoisotopic (exact) mass is 400 g/mol. The van der Waals surface area contributed by atoms with Crippen LogP contribution >= 0.6 is 0 Å². The molecule has 0 bridgehead atoms. The van der Waals surface area contributed by atoms with E-state index in [2.05, 4.69) is 26.1 Å². The zero-order valence-corrected chi connectivity index (χ0v) is 17.5. The summed E-state index contributed by atoms with van der Waals surface area (Å²) in [4.78, 5) is 14.7. The number of anilines is 1. The van der Waals surface area contributed by atoms with Gasteiger partial charge in [0.25, 0.3) is 0 Å². The van der Waals surface area contributed by atoms with E-state index in [-0.39, 0.29) is 23.2 Å². The first kappa shape index (κ1) is 20.4. The summed E-state index contributed by atoms with van der Waals surface area (Å²) in [6, 6.07) is 15.7. The summed E-state index contributed by atoms with van der Waals surface area (Å²) in [5, 5.41) is 2.91. The van der Waals surface area contributed by atoms with Crippen molar-refractivity contribution in [2.75, 3.05) is 17.6 Å². The molecule has 0 aliphatic carbocycles. The molecule has 1 atom stereocenters. The molecule has 5 nitrogen and oxygen atoms in total. The fourth-order valence-electron chi connectivity index (χ4n) is 3.50. The molecule has 2 aromatic rings. The Labute approximate surface area is 167 Å². The van der Waals surface area contributed by atoms with Crippen molar-refractivity contribution in [3.05, 3.63) is 60.2 Å². The van der Waals surface area contributed by atoms with Crippen LogP contribution < -0.4 is 5.32 Å². The Kier molecular flexibility index (Phi) is 5.79. The Balaban J connectivity index is 1.68. The minimum Gasteiger partial charge on any atom is -0.321 e. The highest BCUT2D eigenvalue weighted by Gasteiger charge is 2.33. The lowest BCUT2D eigenvalue weighted by Crippen LogP contribution is -2.42. The topological polar surface area (TPSA) is 66.5 Å². The molecule has 2 amide bonds. The van der Waals surface area contributed by atoms with Crippen LogP contribution in [0.5, 0.6) is 0 Å². The first-order valence-corrected chi connectivity index (χ1v) is 11.3. The summed E-state index contributed by atoms with van der Waals surface area (Å²) in [6.07, 6.45) is 1.51. The lowest BCUT2D eigenvalue weighted by Gasteiger charge is -2.25. The predicted molar refractivity (Wildman–Crippen MR) is 112 cm³/mol. The second-order valence-corrected chi connectivity index (χ2v) is 10.4. The van der Waals surface area contributed by atoms with Gasteiger partial charge in [0.2, 0.25) is 0 Å². The first-order chi connectivity index (χ1) is 13.2. The maximum Gasteiger partial charge on any atom is 0.322 e. The standard InChI is InChI=1S/C22H28N2O3S/c1-22(2,3)17-11-13-18(14-12-17)23-21(25)24-15-7-8-19(24)16-28(26,27)20-9-5-4-6-10-20/h4-6,9-14,19H,7-8,15-16H2,1-3H3,(H,23,25)/t19-/m1/s1. The van der Waals surface area contributed by atoms with Gasteiger partial charge in [-0.05, 0) is 48.1 Å². The molecule has 1 fully saturated rings. The molecular formula is C22H28N2O3S. The second kappa shape index (κ2) is 7.95. The minimum absolute atomic E-state index is 0.0482. The molecule has 3 rings (SSSR count). The van der Waals surface area contributed by atoms with E-state index in [9.17, 15) is 13.2 Å². The van der Waals surface area contributed by atoms with Crippen molar-refractivity contribution in [1.29, 1.82) is 0 Å². The van der Waals surface area contributed by atoms with Gasteiger partial charge in [-0.2, -0.15) is 0 Å². The van der Waals surface area contributed by atoms with E-state index >= 15 is 0 Å². The number of urea groups is 1. The van der Waals surface area contributed by atoms with Gasteiger partial charge in [0.1, 0.15) is 0 Å².